The SMILES string of the molecule is CC([CH]C(=O)Nc1cccc(CN(C)C)c1)c1c[nH]c2ccccc12. The molecule has 1 aromatic heterocycles. The molecule has 0 bridgehead atoms. The van der Waals surface area contributed by atoms with Crippen molar-refractivity contribution < 1.29 is 4.79 Å². The number of rotatable bonds is 6. The second-order valence-electron chi connectivity index (χ2n) is 6.67. The lowest BCUT2D eigenvalue weighted by molar-refractivity contribution is -0.113. The van der Waals surface area contributed by atoms with E-state index in [1.54, 1.807) is 6.42 Å². The van der Waals surface area contributed by atoms with Gasteiger partial charge in [0.1, 0.15) is 0 Å². The number of nitrogens with zero attached hydrogens (tertiary/aromatic N) is 1. The minimum absolute atomic E-state index is 0.0288. The van der Waals surface area contributed by atoms with E-state index < -0.39 is 0 Å². The van der Waals surface area contributed by atoms with Crippen molar-refractivity contribution in [2.24, 2.45) is 0 Å². The topological polar surface area (TPSA) is 48.1 Å². The second kappa shape index (κ2) is 7.53. The number of nitrogens with one attached hydrogen (secondary N) is 2. The molecule has 1 atom stereocenters. The van der Waals surface area contributed by atoms with Crippen LogP contribution in [0.3, 0.4) is 0 Å². The quantitative estimate of drug-likeness (QED) is 0.710. The van der Waals surface area contributed by atoms with Crippen LogP contribution in [0.4, 0.5) is 5.69 Å². The van der Waals surface area contributed by atoms with Gasteiger partial charge in [0, 0.05) is 29.3 Å². The average Bonchev–Trinajstić information content (AvgIpc) is 2.98. The van der Waals surface area contributed by atoms with Crippen LogP contribution in [-0.4, -0.2) is 29.9 Å². The number of aromatic amines is 1. The molecule has 0 aliphatic carbocycles. The predicted molar refractivity (Wildman–Crippen MR) is 103 cm³/mol. The number of aromatic nitrogens is 1. The van der Waals surface area contributed by atoms with Crippen LogP contribution in [0.1, 0.15) is 24.0 Å². The molecule has 2 N–H and O–H groups in total. The lowest BCUT2D eigenvalue weighted by atomic mass is 9.97. The highest BCUT2D eigenvalue weighted by Gasteiger charge is 2.15. The molecule has 0 saturated carbocycles. The zero-order valence-electron chi connectivity index (χ0n) is 14.9. The molecule has 0 saturated heterocycles. The van der Waals surface area contributed by atoms with Crippen molar-refractivity contribution in [3.63, 3.8) is 0 Å². The molecule has 1 unspecified atom stereocenters. The summed E-state index contributed by atoms with van der Waals surface area (Å²) in [5.41, 5.74) is 4.22. The smallest absolute Gasteiger partial charge is 0.228 e. The maximum Gasteiger partial charge on any atom is 0.228 e. The molecule has 129 valence electrons. The average molecular weight is 334 g/mol. The summed E-state index contributed by atoms with van der Waals surface area (Å²) in [5, 5.41) is 4.13. The number of amides is 1. The van der Waals surface area contributed by atoms with E-state index in [0.717, 1.165) is 28.7 Å². The number of hydrogen-bond donors (Lipinski definition) is 2. The first-order chi connectivity index (χ1) is 12.0. The maximum absolute atomic E-state index is 12.4. The minimum atomic E-state index is -0.0835. The third kappa shape index (κ3) is 4.28. The van der Waals surface area contributed by atoms with E-state index in [2.05, 4.69) is 27.3 Å². The predicted octanol–water partition coefficient (Wildman–Crippen LogP) is 4.18. The van der Waals surface area contributed by atoms with Gasteiger partial charge in [-0.1, -0.05) is 37.3 Å². The van der Waals surface area contributed by atoms with Crippen LogP contribution in [-0.2, 0) is 11.3 Å². The Labute approximate surface area is 148 Å². The van der Waals surface area contributed by atoms with E-state index in [-0.39, 0.29) is 11.8 Å². The van der Waals surface area contributed by atoms with Crippen LogP contribution >= 0.6 is 0 Å². The number of anilines is 1. The van der Waals surface area contributed by atoms with Gasteiger partial charge in [0.15, 0.2) is 0 Å². The number of carbonyl (C=O) groups excluding carboxylic acids is 1. The number of H-pyrrole nitrogens is 1. The van der Waals surface area contributed by atoms with E-state index in [0.29, 0.717) is 0 Å². The highest BCUT2D eigenvalue weighted by atomic mass is 16.1. The van der Waals surface area contributed by atoms with Crippen LogP contribution in [0.25, 0.3) is 10.9 Å². The van der Waals surface area contributed by atoms with Crippen LogP contribution < -0.4 is 5.32 Å². The summed E-state index contributed by atoms with van der Waals surface area (Å²) in [5.74, 6) is -0.0547. The van der Waals surface area contributed by atoms with Crippen molar-refractivity contribution in [1.82, 2.24) is 9.88 Å². The zero-order chi connectivity index (χ0) is 17.8. The van der Waals surface area contributed by atoms with Gasteiger partial charge in [0.25, 0.3) is 0 Å². The zero-order valence-corrected chi connectivity index (χ0v) is 14.9. The third-order valence-corrected chi connectivity index (χ3v) is 4.21. The first-order valence-corrected chi connectivity index (χ1v) is 8.48. The Hall–Kier alpha value is -2.59. The molecule has 1 radical (unpaired) electrons. The standard InChI is InChI=1S/C21H24N3O/c1-15(19-13-22-20-10-5-4-9-18(19)20)11-21(25)23-17-8-6-7-16(12-17)14-24(2)3/h4-13,15,22H,14H2,1-3H3,(H,23,25). The fraction of sp³-hybridized carbons (Fsp3) is 0.238. The van der Waals surface area contributed by atoms with Gasteiger partial charge in [-0.2, -0.15) is 0 Å². The van der Waals surface area contributed by atoms with Gasteiger partial charge in [-0.3, -0.25) is 4.79 Å². The molecule has 0 fully saturated rings. The van der Waals surface area contributed by atoms with E-state index in [4.69, 9.17) is 0 Å². The van der Waals surface area contributed by atoms with E-state index in [9.17, 15) is 4.79 Å². The Bertz CT molecular complexity index is 866. The second-order valence-corrected chi connectivity index (χ2v) is 6.67. The molecular formula is C21H24N3O. The molecule has 3 rings (SSSR count). The monoisotopic (exact) mass is 334 g/mol. The molecule has 4 heteroatoms. The summed E-state index contributed by atoms with van der Waals surface area (Å²) in [6.07, 6.45) is 3.71. The lowest BCUT2D eigenvalue weighted by Gasteiger charge is -2.13. The largest absolute Gasteiger partial charge is 0.361 e. The van der Waals surface area contributed by atoms with Gasteiger partial charge in [0.05, 0.1) is 6.42 Å². The van der Waals surface area contributed by atoms with E-state index in [1.165, 1.54) is 5.56 Å². The Balaban J connectivity index is 1.66. The molecule has 2 aromatic carbocycles. The third-order valence-electron chi connectivity index (χ3n) is 4.21. The Morgan fingerprint density at radius 3 is 2.80 bits per heavy atom. The van der Waals surface area contributed by atoms with Crippen LogP contribution in [0.15, 0.2) is 54.7 Å². The van der Waals surface area contributed by atoms with E-state index in [1.807, 2.05) is 63.6 Å². The summed E-state index contributed by atoms with van der Waals surface area (Å²) < 4.78 is 0. The molecule has 25 heavy (non-hydrogen) atoms. The van der Waals surface area contributed by atoms with Gasteiger partial charge < -0.3 is 15.2 Å². The minimum Gasteiger partial charge on any atom is -0.361 e. The normalized spacial score (nSPS) is 12.5. The van der Waals surface area contributed by atoms with Crippen molar-refractivity contribution >= 4 is 22.5 Å². The number of carbonyl (C=O) groups is 1. The number of fused-ring (bicyclic) bond motifs is 1. The van der Waals surface area contributed by atoms with Crippen molar-refractivity contribution in [2.75, 3.05) is 19.4 Å². The van der Waals surface area contributed by atoms with Gasteiger partial charge >= 0.3 is 0 Å². The van der Waals surface area contributed by atoms with Gasteiger partial charge in [-0.05, 0) is 49.3 Å². The van der Waals surface area contributed by atoms with Gasteiger partial charge in [0.2, 0.25) is 5.91 Å². The number of para-hydroxylation sites is 1. The van der Waals surface area contributed by atoms with Crippen molar-refractivity contribution in [3.05, 3.63) is 72.3 Å². The molecule has 3 aromatic rings. The summed E-state index contributed by atoms with van der Waals surface area (Å²) >= 11 is 0. The van der Waals surface area contributed by atoms with Crippen molar-refractivity contribution in [2.45, 2.75) is 19.4 Å². The summed E-state index contributed by atoms with van der Waals surface area (Å²) in [6.45, 7) is 2.89. The fourth-order valence-corrected chi connectivity index (χ4v) is 3.08. The van der Waals surface area contributed by atoms with Gasteiger partial charge in [-0.15, -0.1) is 0 Å². The number of hydrogen-bond acceptors (Lipinski definition) is 2. The van der Waals surface area contributed by atoms with Crippen molar-refractivity contribution in [3.8, 4) is 0 Å². The first kappa shape index (κ1) is 17.2. The maximum atomic E-state index is 12.4. The molecule has 0 aliphatic heterocycles. The summed E-state index contributed by atoms with van der Waals surface area (Å²) in [7, 11) is 4.06. The molecule has 0 aliphatic rings. The fourth-order valence-electron chi connectivity index (χ4n) is 3.08. The molecule has 4 nitrogen and oxygen atoms in total. The molecule has 1 heterocycles. The summed E-state index contributed by atoms with van der Waals surface area (Å²) in [6, 6.07) is 16.1. The number of benzene rings is 2. The molecular weight excluding hydrogens is 310 g/mol. The Kier molecular flexibility index (Phi) is 5.19. The summed E-state index contributed by atoms with van der Waals surface area (Å²) in [4.78, 5) is 17.8. The van der Waals surface area contributed by atoms with Gasteiger partial charge in [-0.25, -0.2) is 0 Å². The highest BCUT2D eigenvalue weighted by molar-refractivity contribution is 5.98. The first-order valence-electron chi connectivity index (χ1n) is 8.48. The van der Waals surface area contributed by atoms with E-state index >= 15 is 0 Å². The van der Waals surface area contributed by atoms with Crippen LogP contribution in [0, 0.1) is 6.42 Å². The Morgan fingerprint density at radius 1 is 1.20 bits per heavy atom. The highest BCUT2D eigenvalue weighted by Crippen LogP contribution is 2.27. The van der Waals surface area contributed by atoms with Crippen molar-refractivity contribution in [1.29, 1.82) is 0 Å². The molecule has 0 spiro atoms. The Morgan fingerprint density at radius 2 is 2.00 bits per heavy atom. The molecule has 1 amide bonds. The lowest BCUT2D eigenvalue weighted by Crippen LogP contribution is -2.16. The van der Waals surface area contributed by atoms with Crippen LogP contribution in [0.2, 0.25) is 0 Å². The van der Waals surface area contributed by atoms with Crippen LogP contribution in [0.5, 0.6) is 0 Å².